The topological polar surface area (TPSA) is 17.0 Å². The van der Waals surface area contributed by atoms with Crippen molar-refractivity contribution in [2.24, 2.45) is 13.0 Å². The zero-order valence-corrected chi connectivity index (χ0v) is 10.5. The van der Waals surface area contributed by atoms with Gasteiger partial charge in [-0.2, -0.15) is 0 Å². The highest BCUT2D eigenvalue weighted by atomic mass is 14.9. The van der Waals surface area contributed by atoms with Crippen LogP contribution >= 0.6 is 0 Å². The minimum atomic E-state index is 0.618. The molecule has 1 unspecified atom stereocenters. The summed E-state index contributed by atoms with van der Waals surface area (Å²) in [7, 11) is 2.06. The first-order chi connectivity index (χ1) is 7.08. The lowest BCUT2D eigenvalue weighted by Gasteiger charge is -2.14. The summed E-state index contributed by atoms with van der Waals surface area (Å²) in [6.07, 6.45) is 6.84. The summed E-state index contributed by atoms with van der Waals surface area (Å²) in [5.74, 6) is 0.811. The number of aromatic nitrogens is 1. The van der Waals surface area contributed by atoms with Crippen molar-refractivity contribution >= 4 is 0 Å². The zero-order chi connectivity index (χ0) is 11.3. The Bertz CT molecular complexity index is 276. The van der Waals surface area contributed by atoms with E-state index in [2.05, 4.69) is 56.2 Å². The molecule has 0 aliphatic carbocycles. The van der Waals surface area contributed by atoms with Gasteiger partial charge in [-0.15, -0.1) is 0 Å². The average molecular weight is 208 g/mol. The summed E-state index contributed by atoms with van der Waals surface area (Å²) in [5.41, 5.74) is 1.37. The van der Waals surface area contributed by atoms with Gasteiger partial charge in [0.2, 0.25) is 0 Å². The first-order valence-corrected chi connectivity index (χ1v) is 5.92. The van der Waals surface area contributed by atoms with Crippen molar-refractivity contribution in [2.45, 2.75) is 46.2 Å². The summed E-state index contributed by atoms with van der Waals surface area (Å²) >= 11 is 0. The molecule has 15 heavy (non-hydrogen) atoms. The predicted molar refractivity (Wildman–Crippen MR) is 65.8 cm³/mol. The Balaban J connectivity index is 2.19. The van der Waals surface area contributed by atoms with Gasteiger partial charge in [0.05, 0.1) is 0 Å². The van der Waals surface area contributed by atoms with Crippen LogP contribution in [0.25, 0.3) is 0 Å². The van der Waals surface area contributed by atoms with Crippen LogP contribution in [-0.4, -0.2) is 10.6 Å². The third-order valence-corrected chi connectivity index (χ3v) is 2.72. The van der Waals surface area contributed by atoms with Gasteiger partial charge in [0, 0.05) is 32.0 Å². The van der Waals surface area contributed by atoms with Crippen molar-refractivity contribution in [3.63, 3.8) is 0 Å². The molecule has 0 aromatic carbocycles. The molecule has 0 radical (unpaired) electrons. The molecule has 0 amide bonds. The highest BCUT2D eigenvalue weighted by Crippen LogP contribution is 2.07. The van der Waals surface area contributed by atoms with E-state index in [0.717, 1.165) is 12.5 Å². The average Bonchev–Trinajstić information content (AvgIpc) is 2.58. The summed E-state index contributed by atoms with van der Waals surface area (Å²) in [4.78, 5) is 0. The summed E-state index contributed by atoms with van der Waals surface area (Å²) in [6, 6.07) is 2.79. The molecule has 86 valence electrons. The molecule has 1 rings (SSSR count). The number of rotatable bonds is 6. The number of hydrogen-bond donors (Lipinski definition) is 1. The molecule has 0 bridgehead atoms. The molecule has 0 spiro atoms. The quantitative estimate of drug-likeness (QED) is 0.760. The minimum Gasteiger partial charge on any atom is -0.357 e. The van der Waals surface area contributed by atoms with Crippen LogP contribution in [0.15, 0.2) is 18.5 Å². The Morgan fingerprint density at radius 2 is 2.00 bits per heavy atom. The number of nitrogens with zero attached hydrogens (tertiary/aromatic N) is 1. The Morgan fingerprint density at radius 3 is 2.53 bits per heavy atom. The minimum absolute atomic E-state index is 0.618. The number of aryl methyl sites for hydroxylation is 1. The molecular weight excluding hydrogens is 184 g/mol. The van der Waals surface area contributed by atoms with Gasteiger partial charge in [0.1, 0.15) is 0 Å². The maximum absolute atomic E-state index is 3.55. The molecule has 0 aliphatic heterocycles. The van der Waals surface area contributed by atoms with Gasteiger partial charge in [-0.3, -0.25) is 0 Å². The van der Waals surface area contributed by atoms with Crippen LogP contribution in [0.5, 0.6) is 0 Å². The lowest BCUT2D eigenvalue weighted by atomic mass is 10.0. The molecule has 1 atom stereocenters. The zero-order valence-electron chi connectivity index (χ0n) is 10.5. The van der Waals surface area contributed by atoms with Gasteiger partial charge in [-0.05, 0) is 37.3 Å². The van der Waals surface area contributed by atoms with Crippen LogP contribution in [0.2, 0.25) is 0 Å². The first kappa shape index (κ1) is 12.3. The number of nitrogens with one attached hydrogen (secondary N) is 1. The van der Waals surface area contributed by atoms with Crippen molar-refractivity contribution in [1.82, 2.24) is 9.88 Å². The van der Waals surface area contributed by atoms with Gasteiger partial charge in [0.25, 0.3) is 0 Å². The van der Waals surface area contributed by atoms with Crippen molar-refractivity contribution < 1.29 is 0 Å². The fraction of sp³-hybridized carbons (Fsp3) is 0.692. The SMILES string of the molecule is CC(C)CCC(C)NCc1ccn(C)c1. The molecule has 2 heteroatoms. The van der Waals surface area contributed by atoms with Crippen LogP contribution in [0.1, 0.15) is 39.2 Å². The van der Waals surface area contributed by atoms with Crippen LogP contribution in [0, 0.1) is 5.92 Å². The Labute approximate surface area is 93.7 Å². The second kappa shape index (κ2) is 5.96. The van der Waals surface area contributed by atoms with Gasteiger partial charge >= 0.3 is 0 Å². The molecule has 0 fully saturated rings. The largest absolute Gasteiger partial charge is 0.357 e. The fourth-order valence-electron chi connectivity index (χ4n) is 1.64. The second-order valence-electron chi connectivity index (χ2n) is 4.94. The molecule has 0 saturated heterocycles. The van der Waals surface area contributed by atoms with Crippen molar-refractivity contribution in [3.05, 3.63) is 24.0 Å². The molecule has 1 aromatic heterocycles. The van der Waals surface area contributed by atoms with Gasteiger partial charge in [-0.1, -0.05) is 13.8 Å². The fourth-order valence-corrected chi connectivity index (χ4v) is 1.64. The van der Waals surface area contributed by atoms with Crippen LogP contribution in [0.4, 0.5) is 0 Å². The highest BCUT2D eigenvalue weighted by molar-refractivity contribution is 5.09. The van der Waals surface area contributed by atoms with E-state index in [1.807, 2.05) is 0 Å². The summed E-state index contributed by atoms with van der Waals surface area (Å²) < 4.78 is 2.09. The Hall–Kier alpha value is -0.760. The third-order valence-electron chi connectivity index (χ3n) is 2.72. The van der Waals surface area contributed by atoms with E-state index in [0.29, 0.717) is 6.04 Å². The van der Waals surface area contributed by atoms with Crippen molar-refractivity contribution in [1.29, 1.82) is 0 Å². The molecule has 0 saturated carbocycles. The first-order valence-electron chi connectivity index (χ1n) is 5.92. The van der Waals surface area contributed by atoms with E-state index in [1.165, 1.54) is 18.4 Å². The van der Waals surface area contributed by atoms with Crippen LogP contribution in [0.3, 0.4) is 0 Å². The van der Waals surface area contributed by atoms with E-state index in [9.17, 15) is 0 Å². The normalized spacial score (nSPS) is 13.4. The smallest absolute Gasteiger partial charge is 0.0223 e. The van der Waals surface area contributed by atoms with Crippen molar-refractivity contribution in [2.75, 3.05) is 0 Å². The molecule has 1 aromatic rings. The lowest BCUT2D eigenvalue weighted by molar-refractivity contribution is 0.450. The van der Waals surface area contributed by atoms with E-state index >= 15 is 0 Å². The Kier molecular flexibility index (Phi) is 4.89. The molecular formula is C13H24N2. The summed E-state index contributed by atoms with van der Waals surface area (Å²) in [5, 5.41) is 3.55. The van der Waals surface area contributed by atoms with Gasteiger partial charge < -0.3 is 9.88 Å². The summed E-state index contributed by atoms with van der Waals surface area (Å²) in [6.45, 7) is 7.82. The molecule has 1 heterocycles. The predicted octanol–water partition coefficient (Wildman–Crippen LogP) is 2.94. The van der Waals surface area contributed by atoms with E-state index in [4.69, 9.17) is 0 Å². The molecule has 2 nitrogen and oxygen atoms in total. The molecule has 1 N–H and O–H groups in total. The Morgan fingerprint density at radius 1 is 1.27 bits per heavy atom. The van der Waals surface area contributed by atoms with Crippen LogP contribution < -0.4 is 5.32 Å². The standard InChI is InChI=1S/C13H24N2/c1-11(2)5-6-12(3)14-9-13-7-8-15(4)10-13/h7-8,10-12,14H,5-6,9H2,1-4H3. The van der Waals surface area contributed by atoms with E-state index in [-0.39, 0.29) is 0 Å². The lowest BCUT2D eigenvalue weighted by Crippen LogP contribution is -2.25. The highest BCUT2D eigenvalue weighted by Gasteiger charge is 2.03. The second-order valence-corrected chi connectivity index (χ2v) is 4.94. The van der Waals surface area contributed by atoms with Gasteiger partial charge in [-0.25, -0.2) is 0 Å². The third kappa shape index (κ3) is 5.03. The maximum Gasteiger partial charge on any atom is 0.0223 e. The van der Waals surface area contributed by atoms with Crippen molar-refractivity contribution in [3.8, 4) is 0 Å². The van der Waals surface area contributed by atoms with Crippen LogP contribution in [-0.2, 0) is 13.6 Å². The van der Waals surface area contributed by atoms with E-state index in [1.54, 1.807) is 0 Å². The van der Waals surface area contributed by atoms with Gasteiger partial charge in [0.15, 0.2) is 0 Å². The number of hydrogen-bond acceptors (Lipinski definition) is 1. The maximum atomic E-state index is 3.55. The van der Waals surface area contributed by atoms with E-state index < -0.39 is 0 Å². The molecule has 0 aliphatic rings. The monoisotopic (exact) mass is 208 g/mol.